The lowest BCUT2D eigenvalue weighted by Gasteiger charge is -2.20. The molecule has 304 valence electrons. The quantitative estimate of drug-likeness (QED) is 0.0434. The molecule has 0 fully saturated rings. The zero-order chi connectivity index (χ0) is 37.8. The summed E-state index contributed by atoms with van der Waals surface area (Å²) in [6.07, 6.45) is 60.0. The first-order valence-corrected chi connectivity index (χ1v) is 22.9. The molecule has 0 aliphatic heterocycles. The third-order valence-electron chi connectivity index (χ3n) is 10.3. The van der Waals surface area contributed by atoms with Gasteiger partial charge in [0.2, 0.25) is 5.91 Å². The molecule has 52 heavy (non-hydrogen) atoms. The van der Waals surface area contributed by atoms with Crippen LogP contribution in [0.2, 0.25) is 0 Å². The molecule has 0 aliphatic rings. The predicted molar refractivity (Wildman–Crippen MR) is 230 cm³/mol. The van der Waals surface area contributed by atoms with E-state index >= 15 is 0 Å². The number of hydrogen-bond acceptors (Lipinski definition) is 3. The summed E-state index contributed by atoms with van der Waals surface area (Å²) in [6.45, 7) is 4.20. The van der Waals surface area contributed by atoms with Gasteiger partial charge < -0.3 is 15.5 Å². The Morgan fingerprint density at radius 3 is 1.21 bits per heavy atom. The molecule has 0 aromatic carbocycles. The molecule has 0 saturated heterocycles. The van der Waals surface area contributed by atoms with Gasteiger partial charge in [0.05, 0.1) is 18.8 Å². The normalized spacial score (nSPS) is 13.4. The van der Waals surface area contributed by atoms with Crippen molar-refractivity contribution in [1.29, 1.82) is 0 Å². The van der Waals surface area contributed by atoms with Gasteiger partial charge >= 0.3 is 0 Å². The Balaban J connectivity index is 3.36. The first kappa shape index (κ1) is 50.4. The van der Waals surface area contributed by atoms with Crippen LogP contribution in [0.1, 0.15) is 232 Å². The highest BCUT2D eigenvalue weighted by molar-refractivity contribution is 5.76. The van der Waals surface area contributed by atoms with E-state index in [9.17, 15) is 15.0 Å². The van der Waals surface area contributed by atoms with Gasteiger partial charge in [-0.2, -0.15) is 0 Å². The van der Waals surface area contributed by atoms with E-state index in [-0.39, 0.29) is 12.5 Å². The Hall–Kier alpha value is -1.65. The maximum Gasteiger partial charge on any atom is 0.220 e. The minimum atomic E-state index is -0.833. The number of allylic oxidation sites excluding steroid dienone is 7. The number of rotatable bonds is 41. The second-order valence-electron chi connectivity index (χ2n) is 15.5. The van der Waals surface area contributed by atoms with Crippen molar-refractivity contribution in [2.75, 3.05) is 6.61 Å². The van der Waals surface area contributed by atoms with Crippen LogP contribution in [0.25, 0.3) is 0 Å². The van der Waals surface area contributed by atoms with E-state index in [0.29, 0.717) is 6.42 Å². The van der Waals surface area contributed by atoms with Crippen molar-refractivity contribution in [3.8, 4) is 0 Å². The van der Waals surface area contributed by atoms with Crippen molar-refractivity contribution < 1.29 is 15.0 Å². The van der Waals surface area contributed by atoms with Crippen LogP contribution >= 0.6 is 0 Å². The fraction of sp³-hybridized carbons (Fsp3) is 0.812. The number of amides is 1. The van der Waals surface area contributed by atoms with Gasteiger partial charge in [-0.25, -0.2) is 0 Å². The molecule has 0 heterocycles. The van der Waals surface area contributed by atoms with E-state index in [2.05, 4.69) is 55.6 Å². The van der Waals surface area contributed by atoms with E-state index in [1.807, 2.05) is 6.08 Å². The van der Waals surface area contributed by atoms with Crippen LogP contribution in [0.4, 0.5) is 0 Å². The Bertz CT molecular complexity index is 831. The number of carbonyl (C=O) groups is 1. The third-order valence-corrected chi connectivity index (χ3v) is 10.3. The van der Waals surface area contributed by atoms with Gasteiger partial charge in [-0.15, -0.1) is 0 Å². The standard InChI is InChI=1S/C48H89NO3/c1-3-5-7-9-10-11-12-13-14-15-16-17-18-19-20-21-22-23-24-25-26-27-28-29-30-31-32-33-34-35-36-37-38-40-42-44-48(52)49-46(45-50)47(51)43-41-39-8-6-4-2/h12-13,15-16,18-19,41,43,46-47,50-51H,3-11,14,17,20-40,42,44-45H2,1-2H3,(H,49,52)/b13-12-,16-15-,19-18-,43-41+. The van der Waals surface area contributed by atoms with E-state index in [4.69, 9.17) is 0 Å². The maximum absolute atomic E-state index is 12.2. The number of aliphatic hydroxyl groups excluding tert-OH is 2. The fourth-order valence-corrected chi connectivity index (χ4v) is 6.77. The minimum absolute atomic E-state index is 0.0703. The van der Waals surface area contributed by atoms with Gasteiger partial charge in [-0.3, -0.25) is 4.79 Å². The highest BCUT2D eigenvalue weighted by Gasteiger charge is 2.17. The molecule has 0 rings (SSSR count). The topological polar surface area (TPSA) is 69.6 Å². The summed E-state index contributed by atoms with van der Waals surface area (Å²) in [5.41, 5.74) is 0. The third kappa shape index (κ3) is 39.6. The number of aliphatic hydroxyl groups is 2. The van der Waals surface area contributed by atoms with E-state index in [1.54, 1.807) is 6.08 Å². The number of carbonyl (C=O) groups excluding carboxylic acids is 1. The Kier molecular flexibility index (Phi) is 42.4. The van der Waals surface area contributed by atoms with E-state index < -0.39 is 12.1 Å². The molecule has 0 spiro atoms. The molecule has 2 unspecified atom stereocenters. The first-order chi connectivity index (χ1) is 25.7. The molecule has 4 heteroatoms. The van der Waals surface area contributed by atoms with E-state index in [0.717, 1.165) is 38.5 Å². The molecule has 0 aromatic rings. The van der Waals surface area contributed by atoms with Crippen molar-refractivity contribution in [1.82, 2.24) is 5.32 Å². The molecular formula is C48H89NO3. The first-order valence-electron chi connectivity index (χ1n) is 22.9. The molecule has 1 amide bonds. The predicted octanol–water partition coefficient (Wildman–Crippen LogP) is 14.4. The lowest BCUT2D eigenvalue weighted by Crippen LogP contribution is -2.45. The van der Waals surface area contributed by atoms with Gasteiger partial charge in [0.25, 0.3) is 0 Å². The Morgan fingerprint density at radius 2 is 0.788 bits per heavy atom. The fourth-order valence-electron chi connectivity index (χ4n) is 6.77. The lowest BCUT2D eigenvalue weighted by molar-refractivity contribution is -0.123. The van der Waals surface area contributed by atoms with Crippen LogP contribution in [0.5, 0.6) is 0 Å². The molecule has 0 aromatic heterocycles. The highest BCUT2D eigenvalue weighted by atomic mass is 16.3. The smallest absolute Gasteiger partial charge is 0.220 e. The monoisotopic (exact) mass is 728 g/mol. The molecule has 0 aliphatic carbocycles. The number of nitrogens with one attached hydrogen (secondary N) is 1. The van der Waals surface area contributed by atoms with Crippen LogP contribution in [0.3, 0.4) is 0 Å². The zero-order valence-corrected chi connectivity index (χ0v) is 34.8. The van der Waals surface area contributed by atoms with Gasteiger partial charge in [0, 0.05) is 6.42 Å². The van der Waals surface area contributed by atoms with Crippen molar-refractivity contribution >= 4 is 5.91 Å². The molecule has 0 bridgehead atoms. The summed E-state index contributed by atoms with van der Waals surface area (Å²) in [5, 5.41) is 22.6. The lowest BCUT2D eigenvalue weighted by atomic mass is 10.0. The minimum Gasteiger partial charge on any atom is -0.394 e. The van der Waals surface area contributed by atoms with Crippen molar-refractivity contribution in [2.24, 2.45) is 0 Å². The molecule has 0 saturated carbocycles. The SMILES string of the molecule is CCCCC/C=C/C(O)C(CO)NC(=O)CCCCCCCCCCCCCCCCCCCCCC/C=C\C/C=C\C/C=C\CCCCCCC. The summed E-state index contributed by atoms with van der Waals surface area (Å²) in [4.78, 5) is 12.2. The van der Waals surface area contributed by atoms with Crippen molar-refractivity contribution in [2.45, 2.75) is 244 Å². The Morgan fingerprint density at radius 1 is 0.462 bits per heavy atom. The molecule has 2 atom stereocenters. The van der Waals surface area contributed by atoms with Crippen LogP contribution in [0.15, 0.2) is 48.6 Å². The summed E-state index contributed by atoms with van der Waals surface area (Å²) in [6, 6.07) is -0.617. The summed E-state index contributed by atoms with van der Waals surface area (Å²) < 4.78 is 0. The van der Waals surface area contributed by atoms with E-state index in [1.165, 1.54) is 173 Å². The summed E-state index contributed by atoms with van der Waals surface area (Å²) in [5.74, 6) is -0.0703. The van der Waals surface area contributed by atoms with Gasteiger partial charge in [-0.05, 0) is 57.8 Å². The van der Waals surface area contributed by atoms with Crippen LogP contribution < -0.4 is 5.32 Å². The largest absolute Gasteiger partial charge is 0.394 e. The van der Waals surface area contributed by atoms with Crippen LogP contribution in [-0.4, -0.2) is 34.9 Å². The summed E-state index contributed by atoms with van der Waals surface area (Å²) in [7, 11) is 0. The van der Waals surface area contributed by atoms with Crippen LogP contribution in [-0.2, 0) is 4.79 Å². The van der Waals surface area contributed by atoms with Crippen molar-refractivity contribution in [3.05, 3.63) is 48.6 Å². The molecular weight excluding hydrogens is 639 g/mol. The molecule has 3 N–H and O–H groups in total. The van der Waals surface area contributed by atoms with Gasteiger partial charge in [0.15, 0.2) is 0 Å². The van der Waals surface area contributed by atoms with Gasteiger partial charge in [0.1, 0.15) is 0 Å². The van der Waals surface area contributed by atoms with Crippen LogP contribution in [0, 0.1) is 0 Å². The average Bonchev–Trinajstić information content (AvgIpc) is 3.15. The number of hydrogen-bond donors (Lipinski definition) is 3. The maximum atomic E-state index is 12.2. The second-order valence-corrected chi connectivity index (χ2v) is 15.5. The molecule has 0 radical (unpaired) electrons. The van der Waals surface area contributed by atoms with Gasteiger partial charge in [-0.1, -0.05) is 217 Å². The second kappa shape index (κ2) is 43.8. The molecule has 4 nitrogen and oxygen atoms in total. The highest BCUT2D eigenvalue weighted by Crippen LogP contribution is 2.16. The van der Waals surface area contributed by atoms with Crippen molar-refractivity contribution in [3.63, 3.8) is 0 Å². The number of unbranched alkanes of at least 4 members (excludes halogenated alkanes) is 28. The zero-order valence-electron chi connectivity index (χ0n) is 34.8. The summed E-state index contributed by atoms with van der Waals surface area (Å²) >= 11 is 0. The average molecular weight is 728 g/mol. The Labute approximate surface area is 324 Å².